The van der Waals surface area contributed by atoms with Crippen molar-refractivity contribution in [1.82, 2.24) is 77.7 Å². The average Bonchev–Trinajstić information content (AvgIpc) is 1.55. The second-order valence-corrected chi connectivity index (χ2v) is 37.3. The number of hydrogen-bond donors (Lipinski definition) is 7. The highest BCUT2D eigenvalue weighted by molar-refractivity contribution is 8.32. The van der Waals surface area contributed by atoms with E-state index in [0.29, 0.717) is 22.3 Å². The smallest absolute Gasteiger partial charge is 0.351 e. The van der Waals surface area contributed by atoms with E-state index < -0.39 is 199 Å². The predicted molar refractivity (Wildman–Crippen MR) is 397 cm³/mol. The van der Waals surface area contributed by atoms with Crippen molar-refractivity contribution in [1.29, 1.82) is 0 Å². The molecule has 116 heavy (non-hydrogen) atoms. The standard InChI is InChI=1S/C60H81N21O28P4S3/c1-24-13-77(57(84)73-44(24)61)52-38(93-10-8-91-6)36(82)30(102-52)15-95-111(88,114)107-37-31(103-53(39(37)94-11-9-92-7)81-23-72-35-50(81)75-56(65)76-51(35)83)16-96-112(89,115)109-43-41-55(80-22-71-34-47(64)67-20-69-49(34)80)105-59(43,27(4)101-41)17-97-110(86,87)108-42-40-54(78-14-25(2)45(62)74-58(78)85)104-60(42,28(5)100-40)18-98-113(90,116)106-29-12-32(99-26(29)3)79-21-70-33-46(63)66-19-68-48(33)79/h13-14,19-23,26-32,36-43,52-55,82H,8-12,15-18H2,1-7H3,(H,86,87)(H,88,114)(H,89,115)(H,90,116)(H2,61,73,84)(H2,62,74,85)(H2,63,66,68)(H2,64,67,69)(H3,65,75,76,83)/p-4/t26-,27+,28+,29?,30-,31-,32-,36?,37?,38+,39+,40+,41+,42?,43?,52-,53-,54-,55-,59+,60+,111?,112?,113?/m1/s1. The number of nitrogen functional groups attached to an aromatic ring is 5. The first-order valence-electron chi connectivity index (χ1n) is 35.4. The summed E-state index contributed by atoms with van der Waals surface area (Å²) in [4.78, 5) is 129. The summed E-state index contributed by atoms with van der Waals surface area (Å²) < 4.78 is 153. The van der Waals surface area contributed by atoms with Crippen LogP contribution in [-0.2, 0) is 133 Å². The van der Waals surface area contributed by atoms with E-state index in [2.05, 4.69) is 54.8 Å². The third-order valence-corrected chi connectivity index (χ3v) is 26.2. The molecule has 15 rings (SSSR count). The lowest BCUT2D eigenvalue weighted by atomic mass is 9.94. The summed E-state index contributed by atoms with van der Waals surface area (Å²) in [6.07, 6.45) is -17.9. The fraction of sp³-hybridized carbons (Fsp3) is 0.617. The van der Waals surface area contributed by atoms with Crippen LogP contribution in [-0.4, -0.2) is 246 Å². The summed E-state index contributed by atoms with van der Waals surface area (Å²) in [6, 6.07) is 0. The molecule has 12 N–H and O–H groups in total. The summed E-state index contributed by atoms with van der Waals surface area (Å²) in [5, 5.41) is 11.7. The van der Waals surface area contributed by atoms with Gasteiger partial charge in [-0.05, 0) is 34.6 Å². The van der Waals surface area contributed by atoms with Crippen LogP contribution in [0.1, 0.15) is 69.5 Å². The van der Waals surface area contributed by atoms with Crippen LogP contribution in [0.2, 0.25) is 0 Å². The van der Waals surface area contributed by atoms with Gasteiger partial charge in [0.15, 0.2) is 65.8 Å². The number of methoxy groups -OCH3 is 2. The summed E-state index contributed by atoms with van der Waals surface area (Å²) >= 11 is 16.8. The van der Waals surface area contributed by atoms with E-state index in [0.717, 1.165) is 21.8 Å². The van der Waals surface area contributed by atoms with Crippen molar-refractivity contribution in [2.45, 2.75) is 169 Å². The summed E-state index contributed by atoms with van der Waals surface area (Å²) in [7, 11) is -3.14. The zero-order chi connectivity index (χ0) is 82.6. The van der Waals surface area contributed by atoms with Crippen molar-refractivity contribution in [3.63, 3.8) is 0 Å². The molecule has 4 bridgehead atoms. The number of aromatic nitrogens is 16. The maximum Gasteiger partial charge on any atom is 0.351 e. The van der Waals surface area contributed by atoms with Crippen LogP contribution >= 0.6 is 28.1 Å². The molecule has 9 unspecified atom stereocenters. The van der Waals surface area contributed by atoms with Crippen molar-refractivity contribution < 1.29 is 117 Å². The number of aromatic amines is 1. The number of aliphatic hydroxyl groups is 1. The van der Waals surface area contributed by atoms with Crippen LogP contribution in [0.5, 0.6) is 0 Å². The number of nitrogens with one attached hydrogen (secondary N) is 1. The third kappa shape index (κ3) is 16.1. The number of aliphatic hydroxyl groups excluding tert-OH is 1. The molecule has 7 aliphatic heterocycles. The van der Waals surface area contributed by atoms with E-state index in [9.17, 15) is 29.3 Å². The molecule has 7 saturated heterocycles. The molecule has 632 valence electrons. The molecule has 56 heteroatoms. The minimum atomic E-state index is -5.93. The Labute approximate surface area is 669 Å². The van der Waals surface area contributed by atoms with Gasteiger partial charge in [0, 0.05) is 44.2 Å². The van der Waals surface area contributed by atoms with Gasteiger partial charge in [-0.15, -0.1) is 0 Å². The Morgan fingerprint density at radius 3 is 1.70 bits per heavy atom. The zero-order valence-electron chi connectivity index (χ0n) is 62.0. The molecule has 15 heterocycles. The van der Waals surface area contributed by atoms with E-state index in [1.165, 1.54) is 68.6 Å². The maximum atomic E-state index is 15.4. The Balaban J connectivity index is 0.705. The first-order valence-corrected chi connectivity index (χ1v) is 44.5. The largest absolute Gasteiger partial charge is 0.780 e. The molecule has 7 aliphatic rings. The fourth-order valence-corrected chi connectivity index (χ4v) is 20.2. The minimum absolute atomic E-state index is 0.0466. The lowest BCUT2D eigenvalue weighted by molar-refractivity contribution is -0.253. The Hall–Kier alpha value is -6.60. The number of ether oxygens (including phenoxy) is 11. The Kier molecular flexibility index (Phi) is 23.8. The molecule has 25 atom stereocenters. The highest BCUT2D eigenvalue weighted by atomic mass is 32.7. The van der Waals surface area contributed by atoms with Crippen LogP contribution in [0.4, 0.5) is 29.2 Å². The minimum Gasteiger partial charge on any atom is -0.780 e. The molecule has 0 amide bonds. The van der Waals surface area contributed by atoms with Gasteiger partial charge in [-0.3, -0.25) is 41.7 Å². The Morgan fingerprint density at radius 1 is 0.578 bits per heavy atom. The lowest BCUT2D eigenvalue weighted by Gasteiger charge is -2.41. The van der Waals surface area contributed by atoms with Crippen LogP contribution < -0.4 is 60.3 Å². The number of phosphoric acid groups is 1. The fourth-order valence-electron chi connectivity index (χ4n) is 14.8. The molecule has 0 aliphatic carbocycles. The molecule has 8 aromatic heterocycles. The van der Waals surface area contributed by atoms with Gasteiger partial charge in [0.25, 0.3) is 13.4 Å². The van der Waals surface area contributed by atoms with Gasteiger partial charge in [0.1, 0.15) is 127 Å². The number of aryl methyl sites for hydroxylation is 2. The van der Waals surface area contributed by atoms with Crippen LogP contribution in [0.3, 0.4) is 0 Å². The third-order valence-electron chi connectivity index (χ3n) is 20.7. The van der Waals surface area contributed by atoms with E-state index >= 15 is 14.0 Å². The molecule has 49 nitrogen and oxygen atoms in total. The van der Waals surface area contributed by atoms with Gasteiger partial charge < -0.3 is 149 Å². The molecule has 0 radical (unpaired) electrons. The quantitative estimate of drug-likeness (QED) is 0.0126. The zero-order valence-corrected chi connectivity index (χ0v) is 68.0. The van der Waals surface area contributed by atoms with E-state index in [1.54, 1.807) is 25.3 Å². The predicted octanol–water partition coefficient (Wildman–Crippen LogP) is -2.62. The van der Waals surface area contributed by atoms with Gasteiger partial charge >= 0.3 is 11.4 Å². The number of nitrogens with two attached hydrogens (primary N) is 5. The van der Waals surface area contributed by atoms with Crippen LogP contribution in [0.15, 0.2) is 58.4 Å². The number of rotatable bonds is 33. The highest BCUT2D eigenvalue weighted by Crippen LogP contribution is 2.62. The Morgan fingerprint density at radius 2 is 1.09 bits per heavy atom. The SMILES string of the molecule is COCCO[C@H]1C(O)[C@@H](COP([O-])(=S)OC2[C@@H](COP(=O)([S-])OC3[C@@H]4O[C@@H](C)[C@]3(COP(=O)([O-])OC3[C@@H]5O[C@@H](C)[C@]3(COP([O-])(=S)OC3C[C@H](n6cnc7c(N)ncnc76)O[C@@H]3C)O[C@H]5n3cc(C)c(N)nc3=O)O[C@H]4n3cnc4c(N)ncnc43)O[C@@H](n3cnc4c(=O)[nH]c(N)nc43)[C@H]2OCCOC)O[C@H]1n1cc(C)c(N)nc1=O. The monoisotopic (exact) mass is 1760 g/mol. The highest BCUT2D eigenvalue weighted by Gasteiger charge is 2.70. The molecule has 0 saturated carbocycles. The molecule has 0 aromatic carbocycles. The van der Waals surface area contributed by atoms with Crippen LogP contribution in [0, 0.1) is 13.8 Å². The van der Waals surface area contributed by atoms with Crippen molar-refractivity contribution >= 4 is 127 Å². The first kappa shape index (κ1) is 84.4. The van der Waals surface area contributed by atoms with E-state index in [-0.39, 0.29) is 84.4 Å². The lowest BCUT2D eigenvalue weighted by Crippen LogP contribution is -2.52. The summed E-state index contributed by atoms with van der Waals surface area (Å²) in [5.41, 5.74) is 24.3. The van der Waals surface area contributed by atoms with Gasteiger partial charge in [-0.25, -0.2) is 44.5 Å². The summed E-state index contributed by atoms with van der Waals surface area (Å²) in [6.45, 7) is -11.3. The van der Waals surface area contributed by atoms with Gasteiger partial charge in [-0.1, -0.05) is 23.6 Å². The topological polar surface area (TPSA) is 650 Å². The summed E-state index contributed by atoms with van der Waals surface area (Å²) in [5.74, 6) is -0.484. The second kappa shape index (κ2) is 32.7. The van der Waals surface area contributed by atoms with Crippen LogP contribution in [0.25, 0.3) is 33.5 Å². The average molecular weight is 1760 g/mol. The second-order valence-electron chi connectivity index (χ2n) is 27.9. The van der Waals surface area contributed by atoms with Crippen molar-refractivity contribution in [2.24, 2.45) is 0 Å². The molecule has 0 spiro atoms. The van der Waals surface area contributed by atoms with Gasteiger partial charge in [0.05, 0.1) is 96.3 Å². The number of H-pyrrole nitrogens is 1. The van der Waals surface area contributed by atoms with E-state index in [1.807, 2.05) is 0 Å². The van der Waals surface area contributed by atoms with Crippen molar-refractivity contribution in [3.05, 3.63) is 86.5 Å². The maximum absolute atomic E-state index is 15.4. The van der Waals surface area contributed by atoms with Gasteiger partial charge in [0.2, 0.25) is 5.95 Å². The molecular formula is C60H77N21O28P4S3-4. The number of fused-ring (bicyclic) bond motifs is 7. The number of hydrogen-bond acceptors (Lipinski definition) is 46. The van der Waals surface area contributed by atoms with E-state index in [4.69, 9.17) is 153 Å². The normalized spacial score (nSPS) is 33.1. The molecule has 7 fully saturated rings. The number of anilines is 5. The first-order chi connectivity index (χ1) is 55.0. The van der Waals surface area contributed by atoms with Gasteiger partial charge in [-0.2, -0.15) is 15.0 Å². The van der Waals surface area contributed by atoms with Crippen molar-refractivity contribution in [2.75, 3.05) is 95.7 Å². The number of phosphoric ester groups is 1. The Bertz CT molecular complexity index is 5430. The molecular weight excluding hydrogens is 1680 g/mol. The molecule has 8 aromatic rings. The number of nitrogens with zero attached hydrogens (tertiary/aromatic N) is 15. The van der Waals surface area contributed by atoms with Crippen molar-refractivity contribution in [3.8, 4) is 0 Å². The number of imidazole rings is 3.